The van der Waals surface area contributed by atoms with E-state index in [0.29, 0.717) is 6.42 Å². The normalized spacial score (nSPS) is 32.4. The van der Waals surface area contributed by atoms with Gasteiger partial charge in [-0.2, -0.15) is 0 Å². The molecule has 0 aromatic rings. The minimum atomic E-state index is -0.818. The van der Waals surface area contributed by atoms with Crippen LogP contribution in [0.1, 0.15) is 25.7 Å². The highest BCUT2D eigenvalue weighted by Crippen LogP contribution is 2.28. The Morgan fingerprint density at radius 2 is 2.14 bits per heavy atom. The van der Waals surface area contributed by atoms with Gasteiger partial charge in [0.1, 0.15) is 0 Å². The summed E-state index contributed by atoms with van der Waals surface area (Å²) in [5, 5.41) is 8.75. The second kappa shape index (κ2) is 3.87. The molecule has 14 heavy (non-hydrogen) atoms. The Morgan fingerprint density at radius 1 is 1.43 bits per heavy atom. The molecule has 0 amide bonds. The number of carboxylic acid groups (broad SMARTS) is 1. The molecule has 0 bridgehead atoms. The molecule has 0 unspecified atom stereocenters. The monoisotopic (exact) mass is 199 g/mol. The highest BCUT2D eigenvalue weighted by atomic mass is 16.5. The van der Waals surface area contributed by atoms with Crippen LogP contribution in [0.5, 0.6) is 0 Å². The fourth-order valence-electron chi connectivity index (χ4n) is 2.01. The lowest BCUT2D eigenvalue weighted by atomic mass is 10.2. The predicted octanol–water partition coefficient (Wildman–Crippen LogP) is 0.713. The molecule has 1 aliphatic carbocycles. The summed E-state index contributed by atoms with van der Waals surface area (Å²) in [6.45, 7) is 0.883. The minimum absolute atomic E-state index is 0.127. The number of carbonyl (C=O) groups is 1. The van der Waals surface area contributed by atoms with Crippen molar-refractivity contribution >= 4 is 5.97 Å². The van der Waals surface area contributed by atoms with Crippen molar-refractivity contribution in [1.29, 1.82) is 0 Å². The third-order valence-corrected chi connectivity index (χ3v) is 3.04. The Kier molecular flexibility index (Phi) is 2.74. The molecule has 80 valence electrons. The first-order valence-electron chi connectivity index (χ1n) is 5.25. The van der Waals surface area contributed by atoms with Gasteiger partial charge in [0, 0.05) is 12.6 Å². The zero-order chi connectivity index (χ0) is 10.1. The van der Waals surface area contributed by atoms with Gasteiger partial charge in [0.15, 0.2) is 6.10 Å². The van der Waals surface area contributed by atoms with Crippen LogP contribution in [-0.4, -0.2) is 47.8 Å². The Bertz CT molecular complexity index is 227. The quantitative estimate of drug-likeness (QED) is 0.724. The largest absolute Gasteiger partial charge is 0.479 e. The number of ether oxygens (including phenoxy) is 1. The van der Waals surface area contributed by atoms with Gasteiger partial charge in [-0.1, -0.05) is 0 Å². The summed E-state index contributed by atoms with van der Waals surface area (Å²) < 4.78 is 5.43. The van der Waals surface area contributed by atoms with E-state index in [1.165, 1.54) is 12.8 Å². The van der Waals surface area contributed by atoms with Crippen LogP contribution >= 0.6 is 0 Å². The molecule has 1 aliphatic heterocycles. The first-order valence-corrected chi connectivity index (χ1v) is 5.25. The van der Waals surface area contributed by atoms with Gasteiger partial charge < -0.3 is 14.7 Å². The molecule has 0 spiro atoms. The van der Waals surface area contributed by atoms with Crippen LogP contribution in [-0.2, 0) is 9.53 Å². The zero-order valence-corrected chi connectivity index (χ0v) is 8.48. The maximum absolute atomic E-state index is 10.6. The van der Waals surface area contributed by atoms with Crippen molar-refractivity contribution in [3.05, 3.63) is 0 Å². The zero-order valence-electron chi connectivity index (χ0n) is 8.48. The van der Waals surface area contributed by atoms with Crippen molar-refractivity contribution in [1.82, 2.24) is 4.90 Å². The highest BCUT2D eigenvalue weighted by molar-refractivity contribution is 5.72. The first kappa shape index (κ1) is 9.93. The second-order valence-electron chi connectivity index (χ2n) is 4.33. The topological polar surface area (TPSA) is 49.8 Å². The molecule has 2 rings (SSSR count). The van der Waals surface area contributed by atoms with E-state index in [0.717, 1.165) is 19.0 Å². The average Bonchev–Trinajstić information content (AvgIpc) is 2.87. The van der Waals surface area contributed by atoms with E-state index in [1.54, 1.807) is 0 Å². The molecule has 1 heterocycles. The van der Waals surface area contributed by atoms with E-state index in [-0.39, 0.29) is 6.10 Å². The van der Waals surface area contributed by atoms with Crippen LogP contribution in [0.2, 0.25) is 0 Å². The number of nitrogens with zero attached hydrogens (tertiary/aromatic N) is 1. The van der Waals surface area contributed by atoms with Gasteiger partial charge in [-0.3, -0.25) is 0 Å². The molecule has 1 N–H and O–H groups in total. The molecular weight excluding hydrogens is 182 g/mol. The predicted molar refractivity (Wildman–Crippen MR) is 51.2 cm³/mol. The van der Waals surface area contributed by atoms with Gasteiger partial charge in [0.05, 0.1) is 6.10 Å². The molecule has 4 heteroatoms. The summed E-state index contributed by atoms with van der Waals surface area (Å²) in [5.41, 5.74) is 0. The van der Waals surface area contributed by atoms with Gasteiger partial charge in [-0.05, 0) is 32.7 Å². The number of hydrogen-bond donors (Lipinski definition) is 1. The molecule has 1 saturated carbocycles. The van der Waals surface area contributed by atoms with E-state index < -0.39 is 12.1 Å². The van der Waals surface area contributed by atoms with Gasteiger partial charge in [0.2, 0.25) is 0 Å². The smallest absolute Gasteiger partial charge is 0.332 e. The van der Waals surface area contributed by atoms with E-state index in [2.05, 4.69) is 11.9 Å². The SMILES string of the molecule is CN(C[C@@H]1CC[C@H](C(=O)O)O1)C1CC1. The fraction of sp³-hybridized carbons (Fsp3) is 0.900. The molecule has 4 nitrogen and oxygen atoms in total. The molecular formula is C10H17NO3. The number of rotatable bonds is 4. The van der Waals surface area contributed by atoms with Crippen LogP contribution in [0.3, 0.4) is 0 Å². The van der Waals surface area contributed by atoms with E-state index in [4.69, 9.17) is 9.84 Å². The molecule has 0 aromatic carbocycles. The molecule has 1 saturated heterocycles. The molecule has 2 fully saturated rings. The molecule has 2 aliphatic rings. The van der Waals surface area contributed by atoms with Crippen molar-refractivity contribution < 1.29 is 14.6 Å². The summed E-state index contributed by atoms with van der Waals surface area (Å²) in [6.07, 6.45) is 3.68. The third kappa shape index (κ3) is 2.25. The summed E-state index contributed by atoms with van der Waals surface area (Å²) in [5.74, 6) is -0.818. The lowest BCUT2D eigenvalue weighted by Gasteiger charge is -2.20. The number of likely N-dealkylation sites (N-methyl/N-ethyl adjacent to an activating group) is 1. The van der Waals surface area contributed by atoms with Crippen LogP contribution in [0.4, 0.5) is 0 Å². The number of hydrogen-bond acceptors (Lipinski definition) is 3. The van der Waals surface area contributed by atoms with Crippen LogP contribution in [0, 0.1) is 0 Å². The van der Waals surface area contributed by atoms with Crippen molar-refractivity contribution in [2.24, 2.45) is 0 Å². The highest BCUT2D eigenvalue weighted by Gasteiger charge is 2.34. The first-order chi connectivity index (χ1) is 6.66. The van der Waals surface area contributed by atoms with E-state index in [9.17, 15) is 4.79 Å². The van der Waals surface area contributed by atoms with Gasteiger partial charge >= 0.3 is 5.97 Å². The van der Waals surface area contributed by atoms with Crippen LogP contribution in [0.25, 0.3) is 0 Å². The Balaban J connectivity index is 1.74. The molecule has 0 aromatic heterocycles. The second-order valence-corrected chi connectivity index (χ2v) is 4.33. The van der Waals surface area contributed by atoms with E-state index in [1.807, 2.05) is 0 Å². The van der Waals surface area contributed by atoms with Crippen molar-refractivity contribution in [3.63, 3.8) is 0 Å². The summed E-state index contributed by atoms with van der Waals surface area (Å²) >= 11 is 0. The minimum Gasteiger partial charge on any atom is -0.479 e. The summed E-state index contributed by atoms with van der Waals surface area (Å²) in [4.78, 5) is 12.9. The van der Waals surface area contributed by atoms with Crippen molar-refractivity contribution in [2.45, 2.75) is 43.9 Å². The fourth-order valence-corrected chi connectivity index (χ4v) is 2.01. The van der Waals surface area contributed by atoms with Gasteiger partial charge in [-0.15, -0.1) is 0 Å². The lowest BCUT2D eigenvalue weighted by molar-refractivity contribution is -0.149. The van der Waals surface area contributed by atoms with Crippen molar-refractivity contribution in [2.75, 3.05) is 13.6 Å². The third-order valence-electron chi connectivity index (χ3n) is 3.04. The maximum Gasteiger partial charge on any atom is 0.332 e. The summed E-state index contributed by atoms with van der Waals surface area (Å²) in [6, 6.07) is 0.725. The average molecular weight is 199 g/mol. The number of carboxylic acids is 1. The molecule has 0 radical (unpaired) electrons. The number of aliphatic carboxylic acids is 1. The Labute approximate surface area is 83.8 Å². The van der Waals surface area contributed by atoms with Crippen molar-refractivity contribution in [3.8, 4) is 0 Å². The van der Waals surface area contributed by atoms with Crippen LogP contribution < -0.4 is 0 Å². The van der Waals surface area contributed by atoms with Crippen LogP contribution in [0.15, 0.2) is 0 Å². The Hall–Kier alpha value is -0.610. The Morgan fingerprint density at radius 3 is 2.64 bits per heavy atom. The van der Waals surface area contributed by atoms with Gasteiger partial charge in [-0.25, -0.2) is 4.79 Å². The van der Waals surface area contributed by atoms with Gasteiger partial charge in [0.25, 0.3) is 0 Å². The lowest BCUT2D eigenvalue weighted by Crippen LogP contribution is -2.32. The summed E-state index contributed by atoms with van der Waals surface area (Å²) in [7, 11) is 2.09. The van der Waals surface area contributed by atoms with E-state index >= 15 is 0 Å². The standard InChI is InChI=1S/C10H17NO3/c1-11(7-2-3-7)6-8-4-5-9(14-8)10(12)13/h7-9H,2-6H2,1H3,(H,12,13)/t8-,9+/m0/s1. The maximum atomic E-state index is 10.6. The molecule has 2 atom stereocenters.